The molecule has 0 saturated carbocycles. The van der Waals surface area contributed by atoms with Crippen LogP contribution >= 0.6 is 23.1 Å². The number of thiazole rings is 1. The standard InChI is InChI=1S/C11H8FNOS2/c1-7-6-15-11(13-7)16-10-3-8(5-14)2-9(12)4-10/h2-6H,1H3. The van der Waals surface area contributed by atoms with Crippen LogP contribution in [0.15, 0.2) is 32.8 Å². The van der Waals surface area contributed by atoms with E-state index in [-0.39, 0.29) is 0 Å². The third kappa shape index (κ3) is 2.68. The normalized spacial score (nSPS) is 10.4. The SMILES string of the molecule is Cc1csc(Sc2cc(F)cc(C=O)c2)n1. The number of halogens is 1. The van der Waals surface area contributed by atoms with Gasteiger partial charge in [0.1, 0.15) is 12.1 Å². The van der Waals surface area contributed by atoms with Crippen LogP contribution in [0.3, 0.4) is 0 Å². The van der Waals surface area contributed by atoms with Crippen LogP contribution in [-0.2, 0) is 0 Å². The average Bonchev–Trinajstić information content (AvgIpc) is 2.63. The van der Waals surface area contributed by atoms with Gasteiger partial charge in [-0.05, 0) is 25.1 Å². The first kappa shape index (κ1) is 11.3. The number of aromatic nitrogens is 1. The van der Waals surface area contributed by atoms with Crippen molar-refractivity contribution in [2.24, 2.45) is 0 Å². The highest BCUT2D eigenvalue weighted by molar-refractivity contribution is 8.01. The van der Waals surface area contributed by atoms with Crippen LogP contribution in [0.25, 0.3) is 0 Å². The van der Waals surface area contributed by atoms with Crippen molar-refractivity contribution in [1.29, 1.82) is 0 Å². The van der Waals surface area contributed by atoms with Gasteiger partial charge in [0.2, 0.25) is 0 Å². The van der Waals surface area contributed by atoms with Crippen LogP contribution in [0.2, 0.25) is 0 Å². The number of aldehydes is 1. The summed E-state index contributed by atoms with van der Waals surface area (Å²) in [7, 11) is 0. The second-order valence-corrected chi connectivity index (χ2v) is 5.37. The Labute approximate surface area is 101 Å². The molecule has 0 aliphatic carbocycles. The van der Waals surface area contributed by atoms with E-state index in [1.165, 1.54) is 35.2 Å². The lowest BCUT2D eigenvalue weighted by atomic mass is 10.2. The minimum Gasteiger partial charge on any atom is -0.298 e. The third-order valence-electron chi connectivity index (χ3n) is 1.83. The molecule has 0 radical (unpaired) electrons. The molecule has 0 amide bonds. The highest BCUT2D eigenvalue weighted by atomic mass is 32.2. The Morgan fingerprint density at radius 1 is 1.44 bits per heavy atom. The topological polar surface area (TPSA) is 30.0 Å². The summed E-state index contributed by atoms with van der Waals surface area (Å²) in [5.41, 5.74) is 1.29. The molecule has 1 aromatic heterocycles. The fraction of sp³-hybridized carbons (Fsp3) is 0.0909. The summed E-state index contributed by atoms with van der Waals surface area (Å²) >= 11 is 2.87. The average molecular weight is 253 g/mol. The lowest BCUT2D eigenvalue weighted by Gasteiger charge is -1.99. The van der Waals surface area contributed by atoms with E-state index < -0.39 is 5.82 Å². The van der Waals surface area contributed by atoms with Crippen LogP contribution in [0.5, 0.6) is 0 Å². The molecule has 0 unspecified atom stereocenters. The zero-order valence-corrected chi connectivity index (χ0v) is 10.1. The Morgan fingerprint density at radius 2 is 2.25 bits per heavy atom. The van der Waals surface area contributed by atoms with Crippen molar-refractivity contribution < 1.29 is 9.18 Å². The molecule has 82 valence electrons. The van der Waals surface area contributed by atoms with Gasteiger partial charge in [0.25, 0.3) is 0 Å². The van der Waals surface area contributed by atoms with E-state index in [4.69, 9.17) is 0 Å². The number of aryl methyl sites for hydroxylation is 1. The van der Waals surface area contributed by atoms with Gasteiger partial charge in [0, 0.05) is 21.5 Å². The summed E-state index contributed by atoms with van der Waals surface area (Å²) in [6.07, 6.45) is 0.639. The molecule has 2 rings (SSSR count). The molecule has 2 nitrogen and oxygen atoms in total. The predicted molar refractivity (Wildman–Crippen MR) is 62.8 cm³/mol. The van der Waals surface area contributed by atoms with Crippen molar-refractivity contribution in [2.75, 3.05) is 0 Å². The minimum atomic E-state index is -0.402. The van der Waals surface area contributed by atoms with Gasteiger partial charge in [-0.2, -0.15) is 0 Å². The number of hydrogen-bond donors (Lipinski definition) is 0. The molecule has 1 aromatic carbocycles. The molecule has 0 fully saturated rings. The van der Waals surface area contributed by atoms with Crippen molar-refractivity contribution in [2.45, 2.75) is 16.2 Å². The Kier molecular flexibility index (Phi) is 3.36. The maximum atomic E-state index is 13.1. The maximum absolute atomic E-state index is 13.1. The van der Waals surface area contributed by atoms with Crippen LogP contribution < -0.4 is 0 Å². The van der Waals surface area contributed by atoms with Crippen molar-refractivity contribution >= 4 is 29.4 Å². The van der Waals surface area contributed by atoms with E-state index in [9.17, 15) is 9.18 Å². The molecule has 0 aliphatic heterocycles. The molecule has 0 atom stereocenters. The smallest absolute Gasteiger partial charge is 0.154 e. The number of carbonyl (C=O) groups is 1. The van der Waals surface area contributed by atoms with Gasteiger partial charge in [-0.3, -0.25) is 4.79 Å². The van der Waals surface area contributed by atoms with E-state index in [1.54, 1.807) is 6.07 Å². The van der Waals surface area contributed by atoms with Crippen molar-refractivity contribution in [3.05, 3.63) is 40.7 Å². The Morgan fingerprint density at radius 3 is 2.88 bits per heavy atom. The van der Waals surface area contributed by atoms with Crippen molar-refractivity contribution in [3.8, 4) is 0 Å². The van der Waals surface area contributed by atoms with Crippen molar-refractivity contribution in [3.63, 3.8) is 0 Å². The number of rotatable bonds is 3. The van der Waals surface area contributed by atoms with Crippen LogP contribution in [0, 0.1) is 12.7 Å². The number of hydrogen-bond acceptors (Lipinski definition) is 4. The minimum absolute atomic E-state index is 0.343. The summed E-state index contributed by atoms with van der Waals surface area (Å²) in [5, 5.41) is 1.93. The van der Waals surface area contributed by atoms with E-state index >= 15 is 0 Å². The van der Waals surface area contributed by atoms with Gasteiger partial charge in [-0.25, -0.2) is 9.37 Å². The molecule has 0 bridgehead atoms. The summed E-state index contributed by atoms with van der Waals surface area (Å²) in [4.78, 5) is 15.5. The van der Waals surface area contributed by atoms with Crippen molar-refractivity contribution in [1.82, 2.24) is 4.98 Å². The molecule has 5 heteroatoms. The second-order valence-electron chi connectivity index (χ2n) is 3.19. The second kappa shape index (κ2) is 4.76. The summed E-state index contributed by atoms with van der Waals surface area (Å²) in [5.74, 6) is -0.402. The van der Waals surface area contributed by atoms with E-state index in [1.807, 2.05) is 12.3 Å². The van der Waals surface area contributed by atoms with Gasteiger partial charge in [-0.15, -0.1) is 11.3 Å². The molecule has 1 heterocycles. The van der Waals surface area contributed by atoms with Crippen LogP contribution in [0.4, 0.5) is 4.39 Å². The number of carbonyl (C=O) groups excluding carboxylic acids is 1. The Hall–Kier alpha value is -1.20. The van der Waals surface area contributed by atoms with E-state index in [0.29, 0.717) is 16.7 Å². The van der Waals surface area contributed by atoms with Gasteiger partial charge >= 0.3 is 0 Å². The zero-order valence-electron chi connectivity index (χ0n) is 8.44. The highest BCUT2D eigenvalue weighted by Crippen LogP contribution is 2.31. The first-order valence-electron chi connectivity index (χ1n) is 4.53. The fourth-order valence-electron chi connectivity index (χ4n) is 1.19. The summed E-state index contributed by atoms with van der Waals surface area (Å²) in [6, 6.07) is 4.26. The molecule has 16 heavy (non-hydrogen) atoms. The molecular weight excluding hydrogens is 245 g/mol. The van der Waals surface area contributed by atoms with Crippen LogP contribution in [-0.4, -0.2) is 11.3 Å². The van der Waals surface area contributed by atoms with Gasteiger partial charge in [0.15, 0.2) is 4.34 Å². The number of nitrogens with zero attached hydrogens (tertiary/aromatic N) is 1. The molecule has 0 N–H and O–H groups in total. The predicted octanol–water partition coefficient (Wildman–Crippen LogP) is 3.55. The van der Waals surface area contributed by atoms with Gasteiger partial charge in [0.05, 0.1) is 0 Å². The zero-order chi connectivity index (χ0) is 11.5. The lowest BCUT2D eigenvalue weighted by molar-refractivity contribution is 0.112. The Balaban J connectivity index is 2.27. The maximum Gasteiger partial charge on any atom is 0.154 e. The summed E-state index contributed by atoms with van der Waals surface area (Å²) in [6.45, 7) is 1.91. The summed E-state index contributed by atoms with van der Waals surface area (Å²) < 4.78 is 14.0. The molecule has 0 saturated heterocycles. The molecule has 0 aliphatic rings. The molecule has 2 aromatic rings. The molecular formula is C11H8FNOS2. The first-order chi connectivity index (χ1) is 7.67. The Bertz CT molecular complexity index is 524. The highest BCUT2D eigenvalue weighted by Gasteiger charge is 2.05. The fourth-order valence-corrected chi connectivity index (χ4v) is 3.10. The monoisotopic (exact) mass is 253 g/mol. The largest absolute Gasteiger partial charge is 0.298 e. The first-order valence-corrected chi connectivity index (χ1v) is 6.23. The quantitative estimate of drug-likeness (QED) is 0.783. The van der Waals surface area contributed by atoms with E-state index in [2.05, 4.69) is 4.98 Å². The van der Waals surface area contributed by atoms with Gasteiger partial charge in [-0.1, -0.05) is 11.8 Å². The number of benzene rings is 1. The van der Waals surface area contributed by atoms with Crippen LogP contribution in [0.1, 0.15) is 16.1 Å². The third-order valence-corrected chi connectivity index (χ3v) is 3.86. The van der Waals surface area contributed by atoms with E-state index in [0.717, 1.165) is 10.0 Å². The molecule has 0 spiro atoms. The lowest BCUT2D eigenvalue weighted by Crippen LogP contribution is -1.84. The van der Waals surface area contributed by atoms with Gasteiger partial charge < -0.3 is 0 Å².